The summed E-state index contributed by atoms with van der Waals surface area (Å²) < 4.78 is 11.5. The second-order valence-corrected chi connectivity index (χ2v) is 7.26. The zero-order chi connectivity index (χ0) is 17.1. The van der Waals surface area contributed by atoms with Crippen LogP contribution in [0, 0.1) is 0 Å². The number of hydrogen-bond acceptors (Lipinski definition) is 4. The van der Waals surface area contributed by atoms with Crippen LogP contribution in [0.15, 0.2) is 30.3 Å². The lowest BCUT2D eigenvalue weighted by Crippen LogP contribution is -2.56. The van der Waals surface area contributed by atoms with E-state index in [0.717, 1.165) is 6.54 Å². The zero-order valence-corrected chi connectivity index (χ0v) is 14.8. The largest absolute Gasteiger partial charge is 0.378 e. The molecule has 2 aliphatic heterocycles. The van der Waals surface area contributed by atoms with Gasteiger partial charge in [-0.1, -0.05) is 43.2 Å². The molecule has 1 aliphatic carbocycles. The Bertz CT molecular complexity index is 568. The van der Waals surface area contributed by atoms with E-state index in [2.05, 4.69) is 29.2 Å². The van der Waals surface area contributed by atoms with Crippen LogP contribution in [0.1, 0.15) is 37.3 Å². The maximum absolute atomic E-state index is 13.2. The van der Waals surface area contributed by atoms with E-state index in [1.807, 2.05) is 11.0 Å². The molecule has 136 valence electrons. The molecular weight excluding hydrogens is 316 g/mol. The Morgan fingerprint density at radius 2 is 1.68 bits per heavy atom. The molecule has 2 atom stereocenters. The van der Waals surface area contributed by atoms with E-state index in [0.29, 0.717) is 39.0 Å². The highest BCUT2D eigenvalue weighted by atomic mass is 16.5. The Labute approximate surface area is 149 Å². The van der Waals surface area contributed by atoms with Gasteiger partial charge in [0.15, 0.2) is 6.10 Å². The predicted molar refractivity (Wildman–Crippen MR) is 95.3 cm³/mol. The Morgan fingerprint density at radius 1 is 0.960 bits per heavy atom. The van der Waals surface area contributed by atoms with Crippen molar-refractivity contribution in [3.63, 3.8) is 0 Å². The number of amides is 1. The second-order valence-electron chi connectivity index (χ2n) is 7.26. The molecule has 0 radical (unpaired) electrons. The summed E-state index contributed by atoms with van der Waals surface area (Å²) in [7, 11) is 0. The van der Waals surface area contributed by atoms with Gasteiger partial charge in [0.2, 0.25) is 0 Å². The first kappa shape index (κ1) is 17.0. The highest BCUT2D eigenvalue weighted by molar-refractivity contribution is 5.82. The topological polar surface area (TPSA) is 42.0 Å². The molecular formula is C20H28N2O3. The summed E-state index contributed by atoms with van der Waals surface area (Å²) in [5.74, 6) is 0.125. The van der Waals surface area contributed by atoms with Gasteiger partial charge >= 0.3 is 0 Å². The minimum Gasteiger partial charge on any atom is -0.378 e. The second kappa shape index (κ2) is 7.85. The molecule has 5 heteroatoms. The molecule has 3 fully saturated rings. The van der Waals surface area contributed by atoms with Gasteiger partial charge in [-0.25, -0.2) is 0 Å². The summed E-state index contributed by atoms with van der Waals surface area (Å²) in [6.45, 7) is 4.15. The van der Waals surface area contributed by atoms with Crippen molar-refractivity contribution >= 4 is 5.91 Å². The first-order valence-electron chi connectivity index (χ1n) is 9.63. The van der Waals surface area contributed by atoms with Crippen molar-refractivity contribution in [2.24, 2.45) is 0 Å². The quantitative estimate of drug-likeness (QED) is 0.843. The van der Waals surface area contributed by atoms with E-state index < -0.39 is 6.10 Å². The van der Waals surface area contributed by atoms with E-state index in [1.54, 1.807) is 0 Å². The normalized spacial score (nSPS) is 29.0. The SMILES string of the molecule is O=C([C@@H]1OCCN(C2CCCC2)[C@H]1c1ccccc1)N1CCOCC1. The average Bonchev–Trinajstić information content (AvgIpc) is 3.23. The Balaban J connectivity index is 1.62. The van der Waals surface area contributed by atoms with Gasteiger partial charge in [-0.05, 0) is 18.4 Å². The van der Waals surface area contributed by atoms with Crippen molar-refractivity contribution in [2.45, 2.75) is 43.9 Å². The van der Waals surface area contributed by atoms with Gasteiger partial charge in [0.05, 0.1) is 25.9 Å². The molecule has 4 rings (SSSR count). The van der Waals surface area contributed by atoms with Gasteiger partial charge in [0.25, 0.3) is 5.91 Å². The van der Waals surface area contributed by atoms with Crippen LogP contribution >= 0.6 is 0 Å². The van der Waals surface area contributed by atoms with Gasteiger partial charge in [0.1, 0.15) is 0 Å². The summed E-state index contributed by atoms with van der Waals surface area (Å²) in [5, 5.41) is 0. The molecule has 0 bridgehead atoms. The minimum absolute atomic E-state index is 0.0217. The molecule has 25 heavy (non-hydrogen) atoms. The molecule has 1 saturated carbocycles. The number of ether oxygens (including phenoxy) is 2. The number of morpholine rings is 2. The highest BCUT2D eigenvalue weighted by Crippen LogP contribution is 2.36. The van der Waals surface area contributed by atoms with Crippen LogP contribution in [-0.4, -0.2) is 67.3 Å². The molecule has 2 heterocycles. The summed E-state index contributed by atoms with van der Waals surface area (Å²) in [4.78, 5) is 17.7. The van der Waals surface area contributed by atoms with Crippen LogP contribution in [-0.2, 0) is 14.3 Å². The van der Waals surface area contributed by atoms with E-state index in [1.165, 1.54) is 31.2 Å². The van der Waals surface area contributed by atoms with Crippen molar-refractivity contribution in [3.05, 3.63) is 35.9 Å². The van der Waals surface area contributed by atoms with E-state index >= 15 is 0 Å². The zero-order valence-electron chi connectivity index (χ0n) is 14.8. The molecule has 0 unspecified atom stereocenters. The smallest absolute Gasteiger partial charge is 0.253 e. The Morgan fingerprint density at radius 3 is 2.40 bits per heavy atom. The molecule has 1 aromatic carbocycles. The Hall–Kier alpha value is -1.43. The first-order valence-corrected chi connectivity index (χ1v) is 9.63. The fraction of sp³-hybridized carbons (Fsp3) is 0.650. The number of nitrogens with zero attached hydrogens (tertiary/aromatic N) is 2. The molecule has 5 nitrogen and oxygen atoms in total. The fourth-order valence-corrected chi connectivity index (χ4v) is 4.52. The maximum atomic E-state index is 13.2. The Kier molecular flexibility index (Phi) is 5.34. The fourth-order valence-electron chi connectivity index (χ4n) is 4.52. The van der Waals surface area contributed by atoms with E-state index in [4.69, 9.17) is 9.47 Å². The van der Waals surface area contributed by atoms with Gasteiger partial charge < -0.3 is 14.4 Å². The molecule has 3 aliphatic rings. The first-order chi connectivity index (χ1) is 12.3. The summed E-state index contributed by atoms with van der Waals surface area (Å²) in [6.07, 6.45) is 4.66. The van der Waals surface area contributed by atoms with Crippen molar-refractivity contribution in [1.82, 2.24) is 9.80 Å². The van der Waals surface area contributed by atoms with Gasteiger partial charge in [0, 0.05) is 25.7 Å². The lowest BCUT2D eigenvalue weighted by Gasteiger charge is -2.45. The standard InChI is InChI=1S/C20H28N2O3/c23-20(21-10-13-24-14-11-21)19-18(16-6-2-1-3-7-16)22(12-15-25-19)17-8-4-5-9-17/h1-3,6-7,17-19H,4-5,8-15H2/t18-,19+/m0/s1. The van der Waals surface area contributed by atoms with Crippen LogP contribution in [0.5, 0.6) is 0 Å². The van der Waals surface area contributed by atoms with Crippen molar-refractivity contribution in [1.29, 1.82) is 0 Å². The lowest BCUT2D eigenvalue weighted by molar-refractivity contribution is -0.162. The van der Waals surface area contributed by atoms with Gasteiger partial charge in [-0.15, -0.1) is 0 Å². The maximum Gasteiger partial charge on any atom is 0.253 e. The number of carbonyl (C=O) groups excluding carboxylic acids is 1. The molecule has 0 N–H and O–H groups in total. The van der Waals surface area contributed by atoms with Crippen molar-refractivity contribution < 1.29 is 14.3 Å². The third-order valence-corrected chi connectivity index (χ3v) is 5.79. The minimum atomic E-state index is -0.408. The van der Waals surface area contributed by atoms with Crippen LogP contribution in [0.3, 0.4) is 0 Å². The third kappa shape index (κ3) is 3.59. The van der Waals surface area contributed by atoms with E-state index in [-0.39, 0.29) is 11.9 Å². The van der Waals surface area contributed by atoms with Crippen LogP contribution < -0.4 is 0 Å². The van der Waals surface area contributed by atoms with Crippen molar-refractivity contribution in [2.75, 3.05) is 39.5 Å². The molecule has 0 spiro atoms. The summed E-state index contributed by atoms with van der Waals surface area (Å²) in [5.41, 5.74) is 1.20. The highest BCUT2D eigenvalue weighted by Gasteiger charge is 2.43. The number of benzene rings is 1. The van der Waals surface area contributed by atoms with Crippen LogP contribution in [0.4, 0.5) is 0 Å². The number of hydrogen-bond donors (Lipinski definition) is 0. The number of carbonyl (C=O) groups is 1. The van der Waals surface area contributed by atoms with E-state index in [9.17, 15) is 4.79 Å². The third-order valence-electron chi connectivity index (χ3n) is 5.79. The van der Waals surface area contributed by atoms with Gasteiger partial charge in [-0.3, -0.25) is 9.69 Å². The number of rotatable bonds is 3. The monoisotopic (exact) mass is 344 g/mol. The lowest BCUT2D eigenvalue weighted by atomic mass is 9.94. The summed E-state index contributed by atoms with van der Waals surface area (Å²) in [6, 6.07) is 11.0. The van der Waals surface area contributed by atoms with Crippen LogP contribution in [0.25, 0.3) is 0 Å². The molecule has 0 aromatic heterocycles. The average molecular weight is 344 g/mol. The van der Waals surface area contributed by atoms with Gasteiger partial charge in [-0.2, -0.15) is 0 Å². The predicted octanol–water partition coefficient (Wildman–Crippen LogP) is 2.23. The molecule has 1 amide bonds. The summed E-state index contributed by atoms with van der Waals surface area (Å²) >= 11 is 0. The molecule has 2 saturated heterocycles. The van der Waals surface area contributed by atoms with Crippen molar-refractivity contribution in [3.8, 4) is 0 Å². The molecule has 1 aromatic rings. The van der Waals surface area contributed by atoms with Crippen LogP contribution in [0.2, 0.25) is 0 Å².